The number of hydrogen-bond donors (Lipinski definition) is 2. The maximum atomic E-state index is 13.1. The highest BCUT2D eigenvalue weighted by atomic mass is 16.5. The highest BCUT2D eigenvalue weighted by molar-refractivity contribution is 5.88. The van der Waals surface area contributed by atoms with Crippen molar-refractivity contribution in [2.24, 2.45) is 5.92 Å². The topological polar surface area (TPSA) is 95.9 Å². The summed E-state index contributed by atoms with van der Waals surface area (Å²) in [7, 11) is 0. The van der Waals surface area contributed by atoms with Gasteiger partial charge < -0.3 is 20.1 Å². The predicted molar refractivity (Wildman–Crippen MR) is 126 cm³/mol. The van der Waals surface area contributed by atoms with Gasteiger partial charge in [-0.1, -0.05) is 75.7 Å². The Bertz CT molecular complexity index is 960. The molecule has 33 heavy (non-hydrogen) atoms. The average Bonchev–Trinajstić information content (AvgIpc) is 3.13. The number of fused-ring (bicyclic) bond motifs is 3. The van der Waals surface area contributed by atoms with E-state index in [9.17, 15) is 19.5 Å². The van der Waals surface area contributed by atoms with E-state index in [2.05, 4.69) is 17.4 Å². The Morgan fingerprint density at radius 1 is 1.03 bits per heavy atom. The molecule has 0 spiro atoms. The molecule has 0 fully saturated rings. The fourth-order valence-electron chi connectivity index (χ4n) is 4.35. The number of rotatable bonds is 10. The zero-order valence-electron chi connectivity index (χ0n) is 19.4. The Labute approximate surface area is 194 Å². The van der Waals surface area contributed by atoms with Gasteiger partial charge in [-0.2, -0.15) is 0 Å². The van der Waals surface area contributed by atoms with Gasteiger partial charge in [-0.15, -0.1) is 0 Å². The van der Waals surface area contributed by atoms with E-state index >= 15 is 0 Å². The van der Waals surface area contributed by atoms with Crippen molar-refractivity contribution >= 4 is 18.0 Å². The summed E-state index contributed by atoms with van der Waals surface area (Å²) < 4.78 is 5.60. The van der Waals surface area contributed by atoms with Crippen LogP contribution in [0.3, 0.4) is 0 Å². The third-order valence-electron chi connectivity index (χ3n) is 6.23. The smallest absolute Gasteiger partial charge is 0.407 e. The summed E-state index contributed by atoms with van der Waals surface area (Å²) in [5.74, 6) is -1.74. The Morgan fingerprint density at radius 2 is 1.61 bits per heavy atom. The van der Waals surface area contributed by atoms with Crippen LogP contribution in [0.4, 0.5) is 4.79 Å². The van der Waals surface area contributed by atoms with Gasteiger partial charge in [0, 0.05) is 12.5 Å². The Hall–Kier alpha value is -3.35. The fourth-order valence-corrected chi connectivity index (χ4v) is 4.35. The molecule has 0 heterocycles. The molecular formula is C26H32N2O5. The third kappa shape index (κ3) is 5.53. The number of carbonyl (C=O) groups is 3. The van der Waals surface area contributed by atoms with Gasteiger partial charge in [-0.05, 0) is 34.6 Å². The number of amides is 2. The van der Waals surface area contributed by atoms with Crippen molar-refractivity contribution in [3.8, 4) is 11.1 Å². The third-order valence-corrected chi connectivity index (χ3v) is 6.23. The number of nitrogens with zero attached hydrogens (tertiary/aromatic N) is 1. The van der Waals surface area contributed by atoms with Gasteiger partial charge in [0.1, 0.15) is 19.2 Å². The molecular weight excluding hydrogens is 420 g/mol. The van der Waals surface area contributed by atoms with Crippen LogP contribution in [0.5, 0.6) is 0 Å². The number of ether oxygens (including phenoxy) is 1. The Kier molecular flexibility index (Phi) is 8.09. The van der Waals surface area contributed by atoms with Gasteiger partial charge in [0.25, 0.3) is 0 Å². The second kappa shape index (κ2) is 11.0. The molecule has 0 aromatic heterocycles. The minimum atomic E-state index is -1.08. The summed E-state index contributed by atoms with van der Waals surface area (Å²) >= 11 is 0. The molecule has 7 nitrogen and oxygen atoms in total. The van der Waals surface area contributed by atoms with E-state index in [1.165, 1.54) is 4.90 Å². The molecule has 7 heteroatoms. The molecule has 176 valence electrons. The lowest BCUT2D eigenvalue weighted by molar-refractivity contribution is -0.145. The van der Waals surface area contributed by atoms with Crippen molar-refractivity contribution in [2.45, 2.75) is 45.6 Å². The van der Waals surface area contributed by atoms with Crippen LogP contribution in [0.15, 0.2) is 48.5 Å². The summed E-state index contributed by atoms with van der Waals surface area (Å²) in [6, 6.07) is 15.3. The summed E-state index contributed by atoms with van der Waals surface area (Å²) in [6.45, 7) is 5.72. The number of carboxylic acids is 1. The minimum Gasteiger partial charge on any atom is -0.480 e. The number of alkyl carbamates (subject to hydrolysis) is 1. The molecule has 0 saturated heterocycles. The van der Waals surface area contributed by atoms with Crippen molar-refractivity contribution in [1.82, 2.24) is 10.2 Å². The molecule has 2 amide bonds. The van der Waals surface area contributed by atoms with Crippen LogP contribution in [0.2, 0.25) is 0 Å². The average molecular weight is 453 g/mol. The van der Waals surface area contributed by atoms with Gasteiger partial charge in [-0.25, -0.2) is 4.79 Å². The van der Waals surface area contributed by atoms with Crippen LogP contribution in [0, 0.1) is 5.92 Å². The van der Waals surface area contributed by atoms with E-state index in [0.717, 1.165) is 22.3 Å². The molecule has 0 radical (unpaired) electrons. The molecule has 0 bridgehead atoms. The fraction of sp³-hybridized carbons (Fsp3) is 0.423. The number of carbonyl (C=O) groups excluding carboxylic acids is 2. The van der Waals surface area contributed by atoms with Crippen LogP contribution in [0.25, 0.3) is 11.1 Å². The lowest BCUT2D eigenvalue weighted by atomic mass is 9.97. The van der Waals surface area contributed by atoms with E-state index in [1.807, 2.05) is 57.2 Å². The highest BCUT2D eigenvalue weighted by Crippen LogP contribution is 2.44. The number of nitrogens with one attached hydrogen (secondary N) is 1. The van der Waals surface area contributed by atoms with Crippen LogP contribution in [0.1, 0.15) is 50.7 Å². The summed E-state index contributed by atoms with van der Waals surface area (Å²) in [5, 5.41) is 11.9. The first-order chi connectivity index (χ1) is 15.9. The van der Waals surface area contributed by atoms with E-state index in [-0.39, 0.29) is 18.4 Å². The lowest BCUT2D eigenvalue weighted by Crippen LogP contribution is -2.53. The molecule has 1 unspecified atom stereocenters. The number of hydrogen-bond acceptors (Lipinski definition) is 4. The number of benzene rings is 2. The number of carboxylic acid groups (broad SMARTS) is 1. The van der Waals surface area contributed by atoms with Crippen LogP contribution in [-0.2, 0) is 14.3 Å². The van der Waals surface area contributed by atoms with E-state index in [4.69, 9.17) is 4.74 Å². The number of aliphatic carboxylic acids is 1. The van der Waals surface area contributed by atoms with Crippen molar-refractivity contribution < 1.29 is 24.2 Å². The van der Waals surface area contributed by atoms with Crippen LogP contribution < -0.4 is 5.32 Å². The molecule has 2 aromatic rings. The maximum absolute atomic E-state index is 13.1. The molecule has 1 aliphatic rings. The lowest BCUT2D eigenvalue weighted by Gasteiger charge is -2.29. The Balaban J connectivity index is 1.71. The van der Waals surface area contributed by atoms with Crippen LogP contribution >= 0.6 is 0 Å². The molecule has 2 aromatic carbocycles. The Morgan fingerprint density at radius 3 is 2.12 bits per heavy atom. The van der Waals surface area contributed by atoms with Crippen molar-refractivity contribution in [1.29, 1.82) is 0 Å². The molecule has 3 rings (SSSR count). The first-order valence-electron chi connectivity index (χ1n) is 11.5. The molecule has 0 aliphatic heterocycles. The summed E-state index contributed by atoms with van der Waals surface area (Å²) in [5.41, 5.74) is 4.49. The van der Waals surface area contributed by atoms with Gasteiger partial charge in [0.2, 0.25) is 5.91 Å². The monoisotopic (exact) mass is 452 g/mol. The van der Waals surface area contributed by atoms with Gasteiger partial charge >= 0.3 is 12.1 Å². The quantitative estimate of drug-likeness (QED) is 0.561. The highest BCUT2D eigenvalue weighted by Gasteiger charge is 2.33. The summed E-state index contributed by atoms with van der Waals surface area (Å²) in [6.07, 6.45) is 0.590. The minimum absolute atomic E-state index is 0.0792. The first-order valence-corrected chi connectivity index (χ1v) is 11.5. The second-order valence-electron chi connectivity index (χ2n) is 8.49. The zero-order chi connectivity index (χ0) is 24.0. The van der Waals surface area contributed by atoms with Crippen molar-refractivity contribution in [3.63, 3.8) is 0 Å². The van der Waals surface area contributed by atoms with E-state index in [1.54, 1.807) is 0 Å². The summed E-state index contributed by atoms with van der Waals surface area (Å²) in [4.78, 5) is 38.3. The van der Waals surface area contributed by atoms with Gasteiger partial charge in [-0.3, -0.25) is 9.59 Å². The van der Waals surface area contributed by atoms with E-state index < -0.39 is 30.6 Å². The largest absolute Gasteiger partial charge is 0.480 e. The van der Waals surface area contributed by atoms with Crippen molar-refractivity contribution in [2.75, 3.05) is 19.7 Å². The zero-order valence-corrected chi connectivity index (χ0v) is 19.4. The van der Waals surface area contributed by atoms with E-state index in [0.29, 0.717) is 19.4 Å². The molecule has 0 saturated carbocycles. The normalized spacial score (nSPS) is 14.0. The predicted octanol–water partition coefficient (Wildman–Crippen LogP) is 4.26. The standard InChI is InChI=1S/C26H32N2O5/c1-4-14-28(15-23(29)30)25(31)24(17(3)5-2)27-26(32)33-16-22-20-12-8-6-10-18(20)19-11-7-9-13-21(19)22/h6-13,17,22,24H,4-5,14-16H2,1-3H3,(H,27,32)(H,29,30)/t17?,24-/m0/s1. The van der Waals surface area contributed by atoms with Crippen LogP contribution in [-0.4, -0.2) is 53.7 Å². The SMILES string of the molecule is CCCN(CC(=O)O)C(=O)[C@@H](NC(=O)OCC1c2ccccc2-c2ccccc21)C(C)CC. The maximum Gasteiger partial charge on any atom is 0.407 e. The van der Waals surface area contributed by atoms with Gasteiger partial charge in [0.15, 0.2) is 0 Å². The first kappa shape index (κ1) is 24.3. The van der Waals surface area contributed by atoms with Gasteiger partial charge in [0.05, 0.1) is 0 Å². The molecule has 2 N–H and O–H groups in total. The van der Waals surface area contributed by atoms with Crippen molar-refractivity contribution in [3.05, 3.63) is 59.7 Å². The second-order valence-corrected chi connectivity index (χ2v) is 8.49. The molecule has 2 atom stereocenters. The molecule has 1 aliphatic carbocycles.